The SMILES string of the molecule is COc1cc(NCc2cn(C)nc2C)cc(OC)c1OC. The average Bonchev–Trinajstić information content (AvgIpc) is 2.81. The molecule has 0 bridgehead atoms. The lowest BCUT2D eigenvalue weighted by Gasteiger charge is -2.15. The van der Waals surface area contributed by atoms with Crippen LogP contribution in [0, 0.1) is 6.92 Å². The summed E-state index contributed by atoms with van der Waals surface area (Å²) in [5, 5.41) is 7.67. The molecule has 0 amide bonds. The average molecular weight is 291 g/mol. The highest BCUT2D eigenvalue weighted by atomic mass is 16.5. The molecule has 0 aliphatic heterocycles. The van der Waals surface area contributed by atoms with Gasteiger partial charge in [-0.1, -0.05) is 0 Å². The number of methoxy groups -OCH3 is 3. The number of aromatic nitrogens is 2. The number of benzene rings is 1. The number of nitrogens with zero attached hydrogens (tertiary/aromatic N) is 2. The van der Waals surface area contributed by atoms with E-state index in [0.29, 0.717) is 23.8 Å². The van der Waals surface area contributed by atoms with Crippen molar-refractivity contribution in [2.24, 2.45) is 7.05 Å². The highest BCUT2D eigenvalue weighted by molar-refractivity contribution is 5.62. The maximum absolute atomic E-state index is 5.34. The monoisotopic (exact) mass is 291 g/mol. The Hall–Kier alpha value is -2.37. The molecule has 0 radical (unpaired) electrons. The topological polar surface area (TPSA) is 57.5 Å². The minimum atomic E-state index is 0.586. The van der Waals surface area contributed by atoms with Gasteiger partial charge in [-0.25, -0.2) is 0 Å². The van der Waals surface area contributed by atoms with E-state index in [-0.39, 0.29) is 0 Å². The van der Waals surface area contributed by atoms with Gasteiger partial charge >= 0.3 is 0 Å². The maximum Gasteiger partial charge on any atom is 0.203 e. The molecule has 114 valence electrons. The first-order valence-electron chi connectivity index (χ1n) is 6.62. The summed E-state index contributed by atoms with van der Waals surface area (Å²) in [6, 6.07) is 3.76. The van der Waals surface area contributed by atoms with Crippen LogP contribution in [0.25, 0.3) is 0 Å². The van der Waals surface area contributed by atoms with Crippen molar-refractivity contribution in [1.29, 1.82) is 0 Å². The molecule has 6 heteroatoms. The Morgan fingerprint density at radius 3 is 2.14 bits per heavy atom. The van der Waals surface area contributed by atoms with E-state index in [2.05, 4.69) is 10.4 Å². The van der Waals surface area contributed by atoms with E-state index in [1.807, 2.05) is 37.0 Å². The van der Waals surface area contributed by atoms with Gasteiger partial charge in [0.15, 0.2) is 11.5 Å². The summed E-state index contributed by atoms with van der Waals surface area (Å²) in [7, 11) is 6.71. The molecule has 0 aliphatic carbocycles. The van der Waals surface area contributed by atoms with Crippen LogP contribution >= 0.6 is 0 Å². The summed E-state index contributed by atoms with van der Waals surface area (Å²) < 4.78 is 17.8. The minimum Gasteiger partial charge on any atom is -0.493 e. The summed E-state index contributed by atoms with van der Waals surface area (Å²) in [6.45, 7) is 2.67. The first kappa shape index (κ1) is 15.0. The third-order valence-electron chi connectivity index (χ3n) is 3.26. The molecule has 1 heterocycles. The van der Waals surface area contributed by atoms with E-state index >= 15 is 0 Å². The van der Waals surface area contributed by atoms with Crippen molar-refractivity contribution >= 4 is 5.69 Å². The van der Waals surface area contributed by atoms with Crippen LogP contribution in [-0.2, 0) is 13.6 Å². The van der Waals surface area contributed by atoms with Gasteiger partial charge in [0.1, 0.15) is 0 Å². The van der Waals surface area contributed by atoms with Crippen LogP contribution in [0.2, 0.25) is 0 Å². The highest BCUT2D eigenvalue weighted by Gasteiger charge is 2.13. The van der Waals surface area contributed by atoms with Gasteiger partial charge < -0.3 is 19.5 Å². The van der Waals surface area contributed by atoms with Gasteiger partial charge in [-0.2, -0.15) is 5.10 Å². The zero-order valence-corrected chi connectivity index (χ0v) is 13.1. The number of rotatable bonds is 6. The second-order valence-electron chi connectivity index (χ2n) is 4.68. The summed E-state index contributed by atoms with van der Waals surface area (Å²) in [6.07, 6.45) is 2.00. The molecule has 0 saturated carbocycles. The molecule has 1 N–H and O–H groups in total. The molecule has 2 rings (SSSR count). The van der Waals surface area contributed by atoms with Crippen molar-refractivity contribution in [2.75, 3.05) is 26.6 Å². The number of hydrogen-bond donors (Lipinski definition) is 1. The summed E-state index contributed by atoms with van der Waals surface area (Å²) in [5.74, 6) is 1.84. The maximum atomic E-state index is 5.34. The molecular formula is C15H21N3O3. The minimum absolute atomic E-state index is 0.586. The predicted octanol–water partition coefficient (Wildman–Crippen LogP) is 2.37. The van der Waals surface area contributed by atoms with Crippen LogP contribution in [0.1, 0.15) is 11.3 Å². The molecule has 0 fully saturated rings. The lowest BCUT2D eigenvalue weighted by atomic mass is 10.2. The molecule has 0 saturated heterocycles. The number of ether oxygens (including phenoxy) is 3. The van der Waals surface area contributed by atoms with Gasteiger partial charge in [0, 0.05) is 43.2 Å². The Morgan fingerprint density at radius 2 is 1.71 bits per heavy atom. The van der Waals surface area contributed by atoms with Crippen molar-refractivity contribution in [2.45, 2.75) is 13.5 Å². The van der Waals surface area contributed by atoms with Crippen LogP contribution in [0.3, 0.4) is 0 Å². The second kappa shape index (κ2) is 6.39. The Labute approximate surface area is 124 Å². The zero-order chi connectivity index (χ0) is 15.4. The molecular weight excluding hydrogens is 270 g/mol. The predicted molar refractivity (Wildman–Crippen MR) is 81.4 cm³/mol. The Bertz CT molecular complexity index is 598. The molecule has 2 aromatic rings. The lowest BCUT2D eigenvalue weighted by molar-refractivity contribution is 0.324. The van der Waals surface area contributed by atoms with E-state index in [4.69, 9.17) is 14.2 Å². The normalized spacial score (nSPS) is 10.3. The number of aryl methyl sites for hydroxylation is 2. The quantitative estimate of drug-likeness (QED) is 0.885. The number of hydrogen-bond acceptors (Lipinski definition) is 5. The van der Waals surface area contributed by atoms with Crippen molar-refractivity contribution in [3.8, 4) is 17.2 Å². The Kier molecular flexibility index (Phi) is 4.57. The summed E-state index contributed by atoms with van der Waals surface area (Å²) >= 11 is 0. The fraction of sp³-hybridized carbons (Fsp3) is 0.400. The molecule has 0 atom stereocenters. The largest absolute Gasteiger partial charge is 0.493 e. The second-order valence-corrected chi connectivity index (χ2v) is 4.68. The third kappa shape index (κ3) is 3.21. The standard InChI is InChI=1S/C15H21N3O3/c1-10-11(9-18(2)17-10)8-16-12-6-13(19-3)15(21-5)14(7-12)20-4/h6-7,9,16H,8H2,1-5H3. The van der Waals surface area contributed by atoms with Crippen LogP contribution in [0.15, 0.2) is 18.3 Å². The van der Waals surface area contributed by atoms with Gasteiger partial charge in [-0.3, -0.25) is 4.68 Å². The summed E-state index contributed by atoms with van der Waals surface area (Å²) in [5.41, 5.74) is 3.05. The van der Waals surface area contributed by atoms with Crippen LogP contribution < -0.4 is 19.5 Å². The van der Waals surface area contributed by atoms with E-state index in [9.17, 15) is 0 Å². The third-order valence-corrected chi connectivity index (χ3v) is 3.26. The fourth-order valence-corrected chi connectivity index (χ4v) is 2.20. The van der Waals surface area contributed by atoms with E-state index in [1.165, 1.54) is 0 Å². The van der Waals surface area contributed by atoms with Crippen molar-refractivity contribution in [3.05, 3.63) is 29.6 Å². The molecule has 1 aromatic carbocycles. The van der Waals surface area contributed by atoms with E-state index < -0.39 is 0 Å². The smallest absolute Gasteiger partial charge is 0.203 e. The molecule has 6 nitrogen and oxygen atoms in total. The molecule has 0 aliphatic rings. The van der Waals surface area contributed by atoms with Crippen LogP contribution in [0.4, 0.5) is 5.69 Å². The first-order chi connectivity index (χ1) is 10.1. The molecule has 0 unspecified atom stereocenters. The van der Waals surface area contributed by atoms with Crippen LogP contribution in [-0.4, -0.2) is 31.1 Å². The van der Waals surface area contributed by atoms with Gasteiger partial charge in [0.25, 0.3) is 0 Å². The van der Waals surface area contributed by atoms with E-state index in [0.717, 1.165) is 16.9 Å². The van der Waals surface area contributed by atoms with Crippen molar-refractivity contribution in [1.82, 2.24) is 9.78 Å². The first-order valence-corrected chi connectivity index (χ1v) is 6.62. The fourth-order valence-electron chi connectivity index (χ4n) is 2.20. The molecule has 0 spiro atoms. The van der Waals surface area contributed by atoms with Gasteiger partial charge in [-0.15, -0.1) is 0 Å². The lowest BCUT2D eigenvalue weighted by Crippen LogP contribution is -2.02. The number of nitrogens with one attached hydrogen (secondary N) is 1. The van der Waals surface area contributed by atoms with Gasteiger partial charge in [-0.05, 0) is 6.92 Å². The van der Waals surface area contributed by atoms with E-state index in [1.54, 1.807) is 21.3 Å². The zero-order valence-electron chi connectivity index (χ0n) is 13.1. The van der Waals surface area contributed by atoms with Crippen LogP contribution in [0.5, 0.6) is 17.2 Å². The summed E-state index contributed by atoms with van der Waals surface area (Å²) in [4.78, 5) is 0. The Balaban J connectivity index is 2.22. The van der Waals surface area contributed by atoms with Gasteiger partial charge in [0.2, 0.25) is 5.75 Å². The van der Waals surface area contributed by atoms with Crippen molar-refractivity contribution < 1.29 is 14.2 Å². The molecule has 1 aromatic heterocycles. The van der Waals surface area contributed by atoms with Gasteiger partial charge in [0.05, 0.1) is 27.0 Å². The molecule has 21 heavy (non-hydrogen) atoms. The highest BCUT2D eigenvalue weighted by Crippen LogP contribution is 2.40. The number of anilines is 1. The Morgan fingerprint density at radius 1 is 1.10 bits per heavy atom. The van der Waals surface area contributed by atoms with Crippen molar-refractivity contribution in [3.63, 3.8) is 0 Å².